The molecule has 2 aromatic carbocycles. The number of amides is 1. The Morgan fingerprint density at radius 3 is 2.40 bits per heavy atom. The summed E-state index contributed by atoms with van der Waals surface area (Å²) in [7, 11) is -4.52. The zero-order valence-electron chi connectivity index (χ0n) is 15.6. The molecule has 0 aromatic heterocycles. The summed E-state index contributed by atoms with van der Waals surface area (Å²) in [6.07, 6.45) is -2.40. The number of likely N-dealkylation sites (tertiary alicyclic amines) is 1. The summed E-state index contributed by atoms with van der Waals surface area (Å²) >= 11 is 5.97. The Bertz CT molecular complexity index is 1040. The van der Waals surface area contributed by atoms with Gasteiger partial charge in [-0.3, -0.25) is 9.52 Å². The van der Waals surface area contributed by atoms with Crippen molar-refractivity contribution < 1.29 is 31.1 Å². The van der Waals surface area contributed by atoms with E-state index in [1.54, 1.807) is 4.90 Å². The lowest BCUT2D eigenvalue weighted by Gasteiger charge is -2.27. The van der Waals surface area contributed by atoms with E-state index in [2.05, 4.69) is 9.46 Å². The van der Waals surface area contributed by atoms with Gasteiger partial charge in [-0.2, -0.15) is 0 Å². The highest BCUT2D eigenvalue weighted by Gasteiger charge is 2.34. The van der Waals surface area contributed by atoms with E-state index >= 15 is 0 Å². The number of carbonyl (C=O) groups excluding carboxylic acids is 1. The predicted molar refractivity (Wildman–Crippen MR) is 105 cm³/mol. The van der Waals surface area contributed by atoms with Gasteiger partial charge in [0.15, 0.2) is 0 Å². The van der Waals surface area contributed by atoms with Gasteiger partial charge in [0.25, 0.3) is 15.9 Å². The number of rotatable bonds is 5. The first-order valence-electron chi connectivity index (χ1n) is 9.03. The first-order chi connectivity index (χ1) is 14.1. The van der Waals surface area contributed by atoms with Crippen molar-refractivity contribution in [1.82, 2.24) is 4.90 Å². The first kappa shape index (κ1) is 22.2. The van der Waals surface area contributed by atoms with Crippen molar-refractivity contribution in [3.63, 3.8) is 0 Å². The summed E-state index contributed by atoms with van der Waals surface area (Å²) in [6, 6.07) is 8.40. The predicted octanol–water partition coefficient (Wildman–Crippen LogP) is 4.67. The number of anilines is 1. The lowest BCUT2D eigenvalue weighted by atomic mass is 10.1. The molecule has 0 saturated carbocycles. The number of nitrogens with one attached hydrogen (secondary N) is 1. The van der Waals surface area contributed by atoms with Crippen LogP contribution in [-0.4, -0.2) is 38.7 Å². The molecule has 1 amide bonds. The third-order valence-corrected chi connectivity index (χ3v) is 6.10. The number of carbonyl (C=O) groups is 1. The highest BCUT2D eigenvalue weighted by atomic mass is 35.5. The maximum atomic E-state index is 12.9. The molecular formula is C19H18ClF3N2O4S. The van der Waals surface area contributed by atoms with Crippen LogP contribution in [0, 0.1) is 0 Å². The summed E-state index contributed by atoms with van der Waals surface area (Å²) < 4.78 is 69.7. The molecule has 30 heavy (non-hydrogen) atoms. The summed E-state index contributed by atoms with van der Waals surface area (Å²) in [6.45, 7) is 1.08. The zero-order valence-corrected chi connectivity index (χ0v) is 17.1. The van der Waals surface area contributed by atoms with E-state index < -0.39 is 27.0 Å². The fourth-order valence-corrected chi connectivity index (χ4v) is 4.51. The molecule has 1 heterocycles. The van der Waals surface area contributed by atoms with E-state index in [1.165, 1.54) is 30.3 Å². The average Bonchev–Trinajstić information content (AvgIpc) is 2.67. The number of alkyl halides is 3. The number of piperidine rings is 1. The number of nitrogens with zero attached hydrogens (tertiary/aromatic N) is 1. The lowest BCUT2D eigenvalue weighted by molar-refractivity contribution is -0.275. The van der Waals surface area contributed by atoms with Crippen LogP contribution in [0.5, 0.6) is 5.75 Å². The maximum absolute atomic E-state index is 12.9. The molecule has 0 radical (unpaired) electrons. The van der Waals surface area contributed by atoms with Crippen LogP contribution in [0.2, 0.25) is 5.02 Å². The van der Waals surface area contributed by atoms with Crippen molar-refractivity contribution in [2.45, 2.75) is 30.5 Å². The van der Waals surface area contributed by atoms with Crippen LogP contribution in [0.1, 0.15) is 29.6 Å². The zero-order chi connectivity index (χ0) is 21.9. The molecular weight excluding hydrogens is 445 g/mol. The Morgan fingerprint density at radius 2 is 1.73 bits per heavy atom. The molecule has 3 rings (SSSR count). The molecule has 11 heteroatoms. The lowest BCUT2D eigenvalue weighted by Crippen LogP contribution is -2.36. The van der Waals surface area contributed by atoms with Gasteiger partial charge in [-0.05, 0) is 49.6 Å². The van der Waals surface area contributed by atoms with Crippen LogP contribution in [-0.2, 0) is 10.0 Å². The Balaban J connectivity index is 1.96. The normalized spacial score (nSPS) is 15.0. The number of ether oxygens (including phenoxy) is 1. The number of benzene rings is 2. The SMILES string of the molecule is O=C(c1ccc(Cl)cc1NS(=O)(=O)c1ccccc1OC(F)(F)F)N1CCCCC1. The molecule has 0 atom stereocenters. The van der Waals surface area contributed by atoms with Gasteiger partial charge in [0.05, 0.1) is 11.3 Å². The van der Waals surface area contributed by atoms with Crippen molar-refractivity contribution in [2.75, 3.05) is 17.8 Å². The minimum Gasteiger partial charge on any atom is -0.404 e. The number of sulfonamides is 1. The smallest absolute Gasteiger partial charge is 0.404 e. The molecule has 0 aliphatic carbocycles. The Hall–Kier alpha value is -2.46. The number of hydrogen-bond acceptors (Lipinski definition) is 4. The molecule has 1 aliphatic heterocycles. The molecule has 1 N–H and O–H groups in total. The molecule has 0 unspecified atom stereocenters. The van der Waals surface area contributed by atoms with Gasteiger partial charge in [0.1, 0.15) is 10.6 Å². The summed E-state index contributed by atoms with van der Waals surface area (Å²) in [5.74, 6) is -1.27. The van der Waals surface area contributed by atoms with Crippen molar-refractivity contribution in [1.29, 1.82) is 0 Å². The monoisotopic (exact) mass is 462 g/mol. The van der Waals surface area contributed by atoms with Crippen molar-refractivity contribution in [3.05, 3.63) is 53.1 Å². The molecule has 1 fully saturated rings. The van der Waals surface area contributed by atoms with Gasteiger partial charge in [0.2, 0.25) is 0 Å². The fraction of sp³-hybridized carbons (Fsp3) is 0.316. The number of halogens is 4. The number of para-hydroxylation sites is 1. The van der Waals surface area contributed by atoms with E-state index in [9.17, 15) is 26.4 Å². The van der Waals surface area contributed by atoms with Crippen LogP contribution in [0.4, 0.5) is 18.9 Å². The second kappa shape index (κ2) is 8.73. The minimum absolute atomic E-state index is 0.0547. The molecule has 1 aliphatic rings. The van der Waals surface area contributed by atoms with E-state index in [0.717, 1.165) is 31.4 Å². The van der Waals surface area contributed by atoms with Crippen LogP contribution in [0.25, 0.3) is 0 Å². The van der Waals surface area contributed by atoms with E-state index in [0.29, 0.717) is 13.1 Å². The van der Waals surface area contributed by atoms with Crippen LogP contribution in [0.3, 0.4) is 0 Å². The molecule has 162 valence electrons. The van der Waals surface area contributed by atoms with Crippen molar-refractivity contribution in [3.8, 4) is 5.75 Å². The second-order valence-electron chi connectivity index (χ2n) is 6.64. The highest BCUT2D eigenvalue weighted by Crippen LogP contribution is 2.32. The third-order valence-electron chi connectivity index (χ3n) is 4.46. The Labute approximate surface area is 176 Å². The topological polar surface area (TPSA) is 75.7 Å². The van der Waals surface area contributed by atoms with Crippen LogP contribution < -0.4 is 9.46 Å². The largest absolute Gasteiger partial charge is 0.573 e. The van der Waals surface area contributed by atoms with Crippen LogP contribution in [0.15, 0.2) is 47.4 Å². The van der Waals surface area contributed by atoms with Gasteiger partial charge in [-0.15, -0.1) is 13.2 Å². The molecule has 0 bridgehead atoms. The fourth-order valence-electron chi connectivity index (χ4n) is 3.14. The van der Waals surface area contributed by atoms with Gasteiger partial charge >= 0.3 is 6.36 Å². The summed E-state index contributed by atoms with van der Waals surface area (Å²) in [5, 5.41) is 0.155. The Kier molecular flexibility index (Phi) is 6.47. The quantitative estimate of drug-likeness (QED) is 0.701. The molecule has 1 saturated heterocycles. The molecule has 6 nitrogen and oxygen atoms in total. The van der Waals surface area contributed by atoms with Gasteiger partial charge in [-0.1, -0.05) is 23.7 Å². The average molecular weight is 463 g/mol. The van der Waals surface area contributed by atoms with Gasteiger partial charge in [-0.25, -0.2) is 8.42 Å². The van der Waals surface area contributed by atoms with E-state index in [1.807, 2.05) is 0 Å². The Morgan fingerprint density at radius 1 is 1.07 bits per heavy atom. The molecule has 0 spiro atoms. The summed E-state index contributed by atoms with van der Waals surface area (Å²) in [5.41, 5.74) is -0.0704. The third kappa shape index (κ3) is 5.37. The van der Waals surface area contributed by atoms with Crippen molar-refractivity contribution in [2.24, 2.45) is 0 Å². The van der Waals surface area contributed by atoms with Crippen molar-refractivity contribution >= 4 is 33.2 Å². The van der Waals surface area contributed by atoms with Gasteiger partial charge < -0.3 is 9.64 Å². The first-order valence-corrected chi connectivity index (χ1v) is 10.9. The van der Waals surface area contributed by atoms with Gasteiger partial charge in [0, 0.05) is 18.1 Å². The standard InChI is InChI=1S/C19H18ClF3N2O4S/c20-13-8-9-14(18(26)25-10-4-1-5-11-25)15(12-13)24-30(27,28)17-7-3-2-6-16(17)29-19(21,22)23/h2-3,6-9,12,24H,1,4-5,10-11H2. The van der Waals surface area contributed by atoms with E-state index in [4.69, 9.17) is 11.6 Å². The highest BCUT2D eigenvalue weighted by molar-refractivity contribution is 7.92. The molecule has 2 aromatic rings. The second-order valence-corrected chi connectivity index (χ2v) is 8.73. The van der Waals surface area contributed by atoms with E-state index in [-0.39, 0.29) is 22.2 Å². The maximum Gasteiger partial charge on any atom is 0.573 e. The summed E-state index contributed by atoms with van der Waals surface area (Å²) in [4.78, 5) is 13.8. The minimum atomic E-state index is -5.07. The number of hydrogen-bond donors (Lipinski definition) is 1. The van der Waals surface area contributed by atoms with Crippen LogP contribution >= 0.6 is 11.6 Å².